The van der Waals surface area contributed by atoms with Crippen LogP contribution in [0.2, 0.25) is 0 Å². The first-order valence-electron chi connectivity index (χ1n) is 2.56. The normalized spacial score (nSPS) is 9.75. The molecule has 0 bridgehead atoms. The van der Waals surface area contributed by atoms with Crippen LogP contribution in [-0.2, 0) is 0 Å². The summed E-state index contributed by atoms with van der Waals surface area (Å²) in [6, 6.07) is 0. The lowest BCUT2D eigenvalue weighted by molar-refractivity contribution is -0.427. The van der Waals surface area contributed by atoms with Crippen molar-refractivity contribution in [2.24, 2.45) is 0 Å². The van der Waals surface area contributed by atoms with Crippen molar-refractivity contribution in [3.63, 3.8) is 0 Å². The van der Waals surface area contributed by atoms with Gasteiger partial charge in [-0.1, -0.05) is 0 Å². The van der Waals surface area contributed by atoms with Crippen LogP contribution in [-0.4, -0.2) is 19.8 Å². The quantitative estimate of drug-likeness (QED) is 0.608. The highest BCUT2D eigenvalue weighted by Gasteiger charge is 2.30. The van der Waals surface area contributed by atoms with E-state index in [1.54, 1.807) is 0 Å². The molecule has 1 aromatic rings. The number of rotatable bonds is 2. The average molecular weight is 237 g/mol. The molecule has 0 radical (unpaired) electrons. The third kappa shape index (κ3) is 1.39. The molecule has 12 heavy (non-hydrogen) atoms. The maximum atomic E-state index is 10.1. The van der Waals surface area contributed by atoms with Crippen LogP contribution >= 0.6 is 15.9 Å². The van der Waals surface area contributed by atoms with Crippen molar-refractivity contribution in [3.05, 3.63) is 25.0 Å². The molecule has 0 fully saturated rings. The smallest absolute Gasteiger partial charge is 0.358 e. The molecule has 1 N–H and O–H groups in total. The fraction of sp³-hybridized carbons (Fsp3) is 0. The monoisotopic (exact) mass is 236 g/mol. The third-order valence-electron chi connectivity index (χ3n) is 0.993. The predicted octanol–water partition coefficient (Wildman–Crippen LogP) is 0.989. The first kappa shape index (κ1) is 8.59. The molecule has 0 atom stereocenters. The lowest BCUT2D eigenvalue weighted by atomic mass is 10.7. The summed E-state index contributed by atoms with van der Waals surface area (Å²) in [6.07, 6.45) is 0. The average Bonchev–Trinajstić information content (AvgIpc) is 2.31. The number of nitro groups is 2. The lowest BCUT2D eigenvalue weighted by Crippen LogP contribution is -1.94. The van der Waals surface area contributed by atoms with Crippen LogP contribution in [0.4, 0.5) is 11.6 Å². The topological polar surface area (TPSA) is 115 Å². The van der Waals surface area contributed by atoms with Crippen molar-refractivity contribution >= 4 is 27.6 Å². The lowest BCUT2D eigenvalue weighted by Gasteiger charge is -1.88. The van der Waals surface area contributed by atoms with Crippen molar-refractivity contribution in [1.29, 1.82) is 0 Å². The van der Waals surface area contributed by atoms with Gasteiger partial charge in [0.2, 0.25) is 0 Å². The number of aromatic nitrogens is 2. The maximum absolute atomic E-state index is 10.1. The largest absolute Gasteiger partial charge is 0.463 e. The molecule has 1 aromatic heterocycles. The van der Waals surface area contributed by atoms with Crippen molar-refractivity contribution in [3.8, 4) is 0 Å². The van der Waals surface area contributed by atoms with E-state index in [9.17, 15) is 20.2 Å². The molecule has 8 nitrogen and oxygen atoms in total. The summed E-state index contributed by atoms with van der Waals surface area (Å²) in [7, 11) is 0. The number of aromatic amines is 1. The zero-order chi connectivity index (χ0) is 9.30. The van der Waals surface area contributed by atoms with Gasteiger partial charge in [0.05, 0.1) is 15.9 Å². The van der Waals surface area contributed by atoms with E-state index in [4.69, 9.17) is 0 Å². The first-order valence-corrected chi connectivity index (χ1v) is 3.36. The second-order valence-corrected chi connectivity index (χ2v) is 2.47. The van der Waals surface area contributed by atoms with Gasteiger partial charge in [-0.15, -0.1) is 0 Å². The Morgan fingerprint density at radius 3 is 2.25 bits per heavy atom. The molecule has 0 aromatic carbocycles. The Kier molecular flexibility index (Phi) is 2.04. The van der Waals surface area contributed by atoms with Gasteiger partial charge in [0.15, 0.2) is 0 Å². The minimum atomic E-state index is -0.931. The minimum Gasteiger partial charge on any atom is -0.358 e. The molecule has 0 aliphatic rings. The fourth-order valence-electron chi connectivity index (χ4n) is 0.582. The summed E-state index contributed by atoms with van der Waals surface area (Å²) in [5.41, 5.74) is 0. The highest BCUT2D eigenvalue weighted by atomic mass is 79.9. The van der Waals surface area contributed by atoms with E-state index in [1.807, 2.05) is 0 Å². The predicted molar refractivity (Wildman–Crippen MR) is 39.6 cm³/mol. The molecule has 1 heterocycles. The van der Waals surface area contributed by atoms with Crippen LogP contribution in [0, 0.1) is 20.2 Å². The van der Waals surface area contributed by atoms with E-state index in [0.29, 0.717) is 0 Å². The van der Waals surface area contributed by atoms with E-state index in [1.165, 1.54) is 0 Å². The van der Waals surface area contributed by atoms with E-state index in [-0.39, 0.29) is 4.73 Å². The molecule has 0 aliphatic heterocycles. The minimum absolute atomic E-state index is 0.0408. The summed E-state index contributed by atoms with van der Waals surface area (Å²) >= 11 is 2.74. The second-order valence-electron chi connectivity index (χ2n) is 1.71. The summed E-state index contributed by atoms with van der Waals surface area (Å²) in [6.45, 7) is 0. The number of imidazole rings is 1. The molecule has 9 heteroatoms. The summed E-state index contributed by atoms with van der Waals surface area (Å²) in [5.74, 6) is -1.53. The van der Waals surface area contributed by atoms with Gasteiger partial charge >= 0.3 is 16.4 Å². The molecule has 0 saturated carbocycles. The molecule has 1 rings (SSSR count). The Bertz CT molecular complexity index is 315. The van der Waals surface area contributed by atoms with Gasteiger partial charge in [-0.2, -0.15) is 4.98 Å². The number of H-pyrrole nitrogens is 1. The van der Waals surface area contributed by atoms with Gasteiger partial charge in [0.25, 0.3) is 0 Å². The Balaban J connectivity index is 3.26. The SMILES string of the molecule is O=[N+]([O-])c1nc(Br)[nH]c1[N+](=O)[O-]. The van der Waals surface area contributed by atoms with Crippen LogP contribution < -0.4 is 0 Å². The Hall–Kier alpha value is -1.51. The highest BCUT2D eigenvalue weighted by molar-refractivity contribution is 9.10. The first-order chi connectivity index (χ1) is 5.52. The van der Waals surface area contributed by atoms with Crippen molar-refractivity contribution in [2.45, 2.75) is 0 Å². The van der Waals surface area contributed by atoms with Crippen molar-refractivity contribution in [1.82, 2.24) is 9.97 Å². The molecule has 64 valence electrons. The van der Waals surface area contributed by atoms with Crippen molar-refractivity contribution < 1.29 is 9.85 Å². The summed E-state index contributed by atoms with van der Waals surface area (Å²) < 4.78 is -0.0408. The molecular weight excluding hydrogens is 236 g/mol. The van der Waals surface area contributed by atoms with Crippen LogP contribution in [0.1, 0.15) is 0 Å². The Morgan fingerprint density at radius 1 is 1.33 bits per heavy atom. The number of nitrogens with one attached hydrogen (secondary N) is 1. The molecule has 0 amide bonds. The molecular formula is C3HBrN4O4. The van der Waals surface area contributed by atoms with Gasteiger partial charge in [-0.25, -0.2) is 0 Å². The molecule has 0 saturated heterocycles. The summed E-state index contributed by atoms with van der Waals surface area (Å²) in [4.78, 5) is 23.8. The number of nitrogens with zero attached hydrogens (tertiary/aromatic N) is 3. The van der Waals surface area contributed by atoms with E-state index >= 15 is 0 Å². The molecule has 0 unspecified atom stereocenters. The van der Waals surface area contributed by atoms with Crippen LogP contribution in [0.5, 0.6) is 0 Å². The fourth-order valence-corrected chi connectivity index (χ4v) is 0.938. The van der Waals surface area contributed by atoms with Gasteiger partial charge in [0.1, 0.15) is 0 Å². The molecule has 0 aliphatic carbocycles. The standard InChI is InChI=1S/C3HBrN4O4/c4-3-5-1(7(9)10)2(6-3)8(11)12/h(H,5,6). The maximum Gasteiger partial charge on any atom is 0.463 e. The van der Waals surface area contributed by atoms with Gasteiger partial charge in [-0.05, 0) is 9.85 Å². The third-order valence-corrected chi connectivity index (χ3v) is 1.37. The molecule has 0 spiro atoms. The number of halogens is 1. The van der Waals surface area contributed by atoms with Crippen molar-refractivity contribution in [2.75, 3.05) is 0 Å². The Morgan fingerprint density at radius 2 is 1.92 bits per heavy atom. The number of hydrogen-bond donors (Lipinski definition) is 1. The summed E-state index contributed by atoms with van der Waals surface area (Å²) in [5, 5.41) is 20.3. The van der Waals surface area contributed by atoms with E-state index < -0.39 is 21.5 Å². The number of hydrogen-bond acceptors (Lipinski definition) is 5. The second kappa shape index (κ2) is 2.85. The van der Waals surface area contributed by atoms with E-state index in [0.717, 1.165) is 0 Å². The van der Waals surface area contributed by atoms with Crippen LogP contribution in [0.25, 0.3) is 0 Å². The van der Waals surface area contributed by atoms with Gasteiger partial charge < -0.3 is 20.2 Å². The zero-order valence-corrected chi connectivity index (χ0v) is 6.94. The van der Waals surface area contributed by atoms with E-state index in [2.05, 4.69) is 25.9 Å². The highest BCUT2D eigenvalue weighted by Crippen LogP contribution is 2.24. The van der Waals surface area contributed by atoms with Gasteiger partial charge in [0, 0.05) is 4.98 Å². The Labute approximate surface area is 73.0 Å². The zero-order valence-electron chi connectivity index (χ0n) is 5.35. The van der Waals surface area contributed by atoms with Gasteiger partial charge in [-0.3, -0.25) is 0 Å². The van der Waals surface area contributed by atoms with Crippen LogP contribution in [0.15, 0.2) is 4.73 Å². The van der Waals surface area contributed by atoms with Crippen LogP contribution in [0.3, 0.4) is 0 Å².